The molecule has 0 bridgehead atoms. The molecule has 0 spiro atoms. The number of nitrogens with zero attached hydrogens (tertiary/aromatic N) is 1. The average Bonchev–Trinajstić information content (AvgIpc) is 2.33. The molecule has 1 aliphatic heterocycles. The molecule has 2 nitrogen and oxygen atoms in total. The Labute approximate surface area is 67.0 Å². The second-order valence-electron chi connectivity index (χ2n) is 3.12. The van der Waals surface area contributed by atoms with Crippen molar-refractivity contribution in [1.82, 2.24) is 0 Å². The highest BCUT2D eigenvalue weighted by Crippen LogP contribution is 2.15. The molecule has 1 aliphatic rings. The molecule has 0 radical (unpaired) electrons. The summed E-state index contributed by atoms with van der Waals surface area (Å²) < 4.78 is 0. The molecule has 0 aromatic rings. The van der Waals surface area contributed by atoms with E-state index < -0.39 is 0 Å². The second-order valence-corrected chi connectivity index (χ2v) is 3.12. The smallest absolute Gasteiger partial charge is 0.163 e. The number of carbonyl (C=O) groups excluding carboxylic acids is 1. The fourth-order valence-electron chi connectivity index (χ4n) is 1.09. The minimum absolute atomic E-state index is 0.0740. The van der Waals surface area contributed by atoms with E-state index in [1.54, 1.807) is 6.21 Å². The third-order valence-electron chi connectivity index (χ3n) is 1.82. The summed E-state index contributed by atoms with van der Waals surface area (Å²) in [4.78, 5) is 15.5. The Kier molecular flexibility index (Phi) is 2.22. The Hall–Kier alpha value is -0.920. The molecule has 11 heavy (non-hydrogen) atoms. The molecule has 1 rings (SSSR count). The fourth-order valence-corrected chi connectivity index (χ4v) is 1.09. The number of aliphatic imine (C=N–C) groups is 1. The zero-order valence-electron chi connectivity index (χ0n) is 7.16. The van der Waals surface area contributed by atoms with Gasteiger partial charge in [-0.1, -0.05) is 13.8 Å². The van der Waals surface area contributed by atoms with Gasteiger partial charge in [-0.25, -0.2) is 0 Å². The van der Waals surface area contributed by atoms with Crippen LogP contribution in [0, 0.1) is 5.92 Å². The third kappa shape index (κ3) is 1.56. The lowest BCUT2D eigenvalue weighted by Gasteiger charge is -2.08. The van der Waals surface area contributed by atoms with Crippen LogP contribution in [-0.2, 0) is 4.79 Å². The van der Waals surface area contributed by atoms with Crippen LogP contribution in [0.5, 0.6) is 0 Å². The summed E-state index contributed by atoms with van der Waals surface area (Å²) >= 11 is 0. The molecule has 0 amide bonds. The van der Waals surface area contributed by atoms with E-state index in [0.717, 1.165) is 5.57 Å². The van der Waals surface area contributed by atoms with Gasteiger partial charge >= 0.3 is 0 Å². The molecule has 0 aliphatic carbocycles. The molecule has 60 valence electrons. The minimum Gasteiger partial charge on any atom is -0.294 e. The zero-order valence-corrected chi connectivity index (χ0v) is 7.16. The maximum Gasteiger partial charge on any atom is 0.163 e. The van der Waals surface area contributed by atoms with Gasteiger partial charge in [-0.05, 0) is 13.0 Å². The molecule has 2 heteroatoms. The van der Waals surface area contributed by atoms with Gasteiger partial charge in [0.15, 0.2) is 5.78 Å². The van der Waals surface area contributed by atoms with Crippen LogP contribution in [0.4, 0.5) is 0 Å². The summed E-state index contributed by atoms with van der Waals surface area (Å²) in [5, 5.41) is 0. The quantitative estimate of drug-likeness (QED) is 0.589. The van der Waals surface area contributed by atoms with Gasteiger partial charge in [0.2, 0.25) is 0 Å². The van der Waals surface area contributed by atoms with Gasteiger partial charge in [0.25, 0.3) is 0 Å². The van der Waals surface area contributed by atoms with Gasteiger partial charge in [0, 0.05) is 17.7 Å². The predicted molar refractivity (Wildman–Crippen MR) is 45.9 cm³/mol. The summed E-state index contributed by atoms with van der Waals surface area (Å²) in [6.07, 6.45) is 3.52. The van der Waals surface area contributed by atoms with E-state index in [4.69, 9.17) is 0 Å². The number of ketones is 1. The number of rotatable bonds is 2. The van der Waals surface area contributed by atoms with E-state index in [2.05, 4.69) is 4.99 Å². The summed E-state index contributed by atoms with van der Waals surface area (Å²) in [6, 6.07) is 0.0740. The Bertz CT molecular complexity index is 226. The molecule has 0 aromatic heterocycles. The Morgan fingerprint density at radius 2 is 2.27 bits per heavy atom. The molecule has 1 atom stereocenters. The Balaban J connectivity index is 2.71. The maximum absolute atomic E-state index is 11.4. The summed E-state index contributed by atoms with van der Waals surface area (Å²) in [7, 11) is 0. The van der Waals surface area contributed by atoms with E-state index in [1.807, 2.05) is 26.8 Å². The number of carbonyl (C=O) groups is 1. The van der Waals surface area contributed by atoms with Crippen molar-refractivity contribution < 1.29 is 4.79 Å². The molecule has 1 unspecified atom stereocenters. The van der Waals surface area contributed by atoms with Crippen molar-refractivity contribution >= 4 is 12.0 Å². The second kappa shape index (κ2) is 2.99. The van der Waals surface area contributed by atoms with Crippen molar-refractivity contribution in [2.75, 3.05) is 0 Å². The standard InChI is InChI=1S/C9H13NO/c1-6(2)9(11)8-4-5-10-7(8)3/h4-7H,1-3H3. The molecular formula is C9H13NO. The molecular weight excluding hydrogens is 138 g/mol. The lowest BCUT2D eigenvalue weighted by molar-refractivity contribution is -0.118. The van der Waals surface area contributed by atoms with Crippen molar-refractivity contribution in [2.24, 2.45) is 10.9 Å². The predicted octanol–water partition coefficient (Wildman–Crippen LogP) is 1.61. The van der Waals surface area contributed by atoms with E-state index in [0.29, 0.717) is 0 Å². The highest BCUT2D eigenvalue weighted by atomic mass is 16.1. The lowest BCUT2D eigenvalue weighted by Crippen LogP contribution is -2.15. The number of allylic oxidation sites excluding steroid dienone is 1. The first-order chi connectivity index (χ1) is 5.13. The molecule has 0 saturated carbocycles. The van der Waals surface area contributed by atoms with Gasteiger partial charge in [-0.2, -0.15) is 0 Å². The molecule has 0 fully saturated rings. The van der Waals surface area contributed by atoms with Crippen molar-refractivity contribution in [3.63, 3.8) is 0 Å². The Morgan fingerprint density at radius 1 is 1.64 bits per heavy atom. The van der Waals surface area contributed by atoms with Crippen LogP contribution >= 0.6 is 0 Å². The molecule has 0 aromatic carbocycles. The normalized spacial score (nSPS) is 22.5. The highest BCUT2D eigenvalue weighted by Gasteiger charge is 2.20. The first-order valence-electron chi connectivity index (χ1n) is 3.90. The number of Topliss-reactive ketones (excluding diaryl/α,β-unsaturated/α-hetero) is 1. The SMILES string of the molecule is CC(C)C(=O)C1=CC=NC1C. The van der Waals surface area contributed by atoms with Crippen LogP contribution < -0.4 is 0 Å². The topological polar surface area (TPSA) is 29.4 Å². The molecule has 0 saturated heterocycles. The van der Waals surface area contributed by atoms with E-state index >= 15 is 0 Å². The van der Waals surface area contributed by atoms with Crippen molar-refractivity contribution in [3.05, 3.63) is 11.6 Å². The van der Waals surface area contributed by atoms with Crippen molar-refractivity contribution in [3.8, 4) is 0 Å². The monoisotopic (exact) mass is 151 g/mol. The zero-order chi connectivity index (χ0) is 8.43. The lowest BCUT2D eigenvalue weighted by atomic mass is 9.97. The van der Waals surface area contributed by atoms with Crippen LogP contribution in [0.2, 0.25) is 0 Å². The summed E-state index contributed by atoms with van der Waals surface area (Å²) in [5.41, 5.74) is 0.847. The van der Waals surface area contributed by atoms with Crippen LogP contribution in [0.25, 0.3) is 0 Å². The van der Waals surface area contributed by atoms with Gasteiger partial charge in [-0.3, -0.25) is 9.79 Å². The number of hydrogen-bond acceptors (Lipinski definition) is 2. The Morgan fingerprint density at radius 3 is 2.64 bits per heavy atom. The summed E-state index contributed by atoms with van der Waals surface area (Å²) in [6.45, 7) is 5.76. The highest BCUT2D eigenvalue weighted by molar-refractivity contribution is 6.02. The largest absolute Gasteiger partial charge is 0.294 e. The van der Waals surface area contributed by atoms with Crippen LogP contribution in [0.3, 0.4) is 0 Å². The van der Waals surface area contributed by atoms with Gasteiger partial charge in [0.05, 0.1) is 6.04 Å². The van der Waals surface area contributed by atoms with Crippen LogP contribution in [0.1, 0.15) is 20.8 Å². The van der Waals surface area contributed by atoms with Gasteiger partial charge < -0.3 is 0 Å². The van der Waals surface area contributed by atoms with Gasteiger partial charge in [0.1, 0.15) is 0 Å². The third-order valence-corrected chi connectivity index (χ3v) is 1.82. The first-order valence-corrected chi connectivity index (χ1v) is 3.90. The van der Waals surface area contributed by atoms with E-state index in [9.17, 15) is 4.79 Å². The fraction of sp³-hybridized carbons (Fsp3) is 0.556. The first kappa shape index (κ1) is 8.18. The van der Waals surface area contributed by atoms with Crippen LogP contribution in [0.15, 0.2) is 16.6 Å². The minimum atomic E-state index is 0.0740. The average molecular weight is 151 g/mol. The number of hydrogen-bond donors (Lipinski definition) is 0. The van der Waals surface area contributed by atoms with Crippen molar-refractivity contribution in [1.29, 1.82) is 0 Å². The van der Waals surface area contributed by atoms with Crippen molar-refractivity contribution in [2.45, 2.75) is 26.8 Å². The van der Waals surface area contributed by atoms with Gasteiger partial charge in [-0.15, -0.1) is 0 Å². The van der Waals surface area contributed by atoms with E-state index in [1.165, 1.54) is 0 Å². The van der Waals surface area contributed by atoms with Crippen LogP contribution in [-0.4, -0.2) is 18.0 Å². The summed E-state index contributed by atoms with van der Waals surface area (Å²) in [5.74, 6) is 0.306. The molecule has 1 heterocycles. The molecule has 0 N–H and O–H groups in total. The van der Waals surface area contributed by atoms with E-state index in [-0.39, 0.29) is 17.7 Å². The maximum atomic E-state index is 11.4.